The largest absolute Gasteiger partial charge is 0.381 e. The molecule has 1 amide bonds. The summed E-state index contributed by atoms with van der Waals surface area (Å²) < 4.78 is 21.5. The number of aromatic nitrogens is 2. The Balaban J connectivity index is 1.84. The predicted octanol–water partition coefficient (Wildman–Crippen LogP) is 1.97. The van der Waals surface area contributed by atoms with Crippen molar-refractivity contribution in [3.63, 3.8) is 0 Å². The summed E-state index contributed by atoms with van der Waals surface area (Å²) in [5, 5.41) is 10.1. The third-order valence-corrected chi connectivity index (χ3v) is 5.20. The molecule has 1 aromatic carbocycles. The molecule has 2 aliphatic heterocycles. The Labute approximate surface area is 156 Å². The quantitative estimate of drug-likeness (QED) is 0.810. The SMILES string of the molecule is COC[C@@](C)(O)C#Cc1cc2c(cc1F)C1CC(C1)n1cc(C(N)=O)nc1-2. The number of nitrogens with two attached hydrogens (primary N) is 1. The fourth-order valence-corrected chi connectivity index (χ4v) is 3.79. The summed E-state index contributed by atoms with van der Waals surface area (Å²) in [6, 6.07) is 3.38. The van der Waals surface area contributed by atoms with E-state index in [-0.39, 0.29) is 29.8 Å². The molecule has 1 aliphatic carbocycles. The van der Waals surface area contributed by atoms with Crippen LogP contribution in [0, 0.1) is 17.7 Å². The van der Waals surface area contributed by atoms with Gasteiger partial charge in [0.05, 0.1) is 12.2 Å². The van der Waals surface area contributed by atoms with Crippen molar-refractivity contribution in [1.29, 1.82) is 0 Å². The van der Waals surface area contributed by atoms with E-state index in [0.29, 0.717) is 5.82 Å². The lowest BCUT2D eigenvalue weighted by Crippen LogP contribution is -2.27. The molecule has 3 aliphatic rings. The van der Waals surface area contributed by atoms with Crippen LogP contribution >= 0.6 is 0 Å². The second-order valence-corrected chi connectivity index (χ2v) is 7.42. The van der Waals surface area contributed by atoms with Crippen molar-refractivity contribution in [3.8, 4) is 23.2 Å². The molecule has 0 spiro atoms. The van der Waals surface area contributed by atoms with Gasteiger partial charge in [-0.2, -0.15) is 0 Å². The van der Waals surface area contributed by atoms with Crippen LogP contribution in [0.5, 0.6) is 0 Å². The number of benzene rings is 1. The fraction of sp³-hybridized carbons (Fsp3) is 0.400. The van der Waals surface area contributed by atoms with Crippen LogP contribution in [0.25, 0.3) is 11.4 Å². The van der Waals surface area contributed by atoms with Crippen LogP contribution in [0.2, 0.25) is 0 Å². The number of ether oxygens (including phenoxy) is 1. The first-order valence-corrected chi connectivity index (χ1v) is 8.76. The summed E-state index contributed by atoms with van der Waals surface area (Å²) in [5.74, 6) is 5.20. The van der Waals surface area contributed by atoms with Crippen molar-refractivity contribution in [3.05, 3.63) is 41.0 Å². The van der Waals surface area contributed by atoms with Crippen LogP contribution in [0.4, 0.5) is 4.39 Å². The number of aliphatic hydroxyl groups is 1. The highest BCUT2D eigenvalue weighted by molar-refractivity contribution is 5.91. The molecule has 3 heterocycles. The number of methoxy groups -OCH3 is 1. The van der Waals surface area contributed by atoms with Gasteiger partial charge in [-0.15, -0.1) is 0 Å². The molecular formula is C20H20FN3O3. The Bertz CT molecular complexity index is 994. The zero-order valence-electron chi connectivity index (χ0n) is 15.1. The number of halogens is 1. The van der Waals surface area contributed by atoms with Crippen molar-refractivity contribution < 1.29 is 19.0 Å². The van der Waals surface area contributed by atoms with E-state index in [1.54, 1.807) is 12.3 Å². The molecule has 5 rings (SSSR count). The molecule has 0 radical (unpaired) electrons. The van der Waals surface area contributed by atoms with Crippen molar-refractivity contribution >= 4 is 5.91 Å². The number of primary amides is 1. The minimum atomic E-state index is -1.38. The highest BCUT2D eigenvalue weighted by Crippen LogP contribution is 2.52. The number of amides is 1. The maximum atomic E-state index is 14.7. The number of rotatable bonds is 3. The number of nitrogens with zero attached hydrogens (tertiary/aromatic N) is 2. The molecule has 0 saturated heterocycles. The van der Waals surface area contributed by atoms with Gasteiger partial charge in [0.15, 0.2) is 0 Å². The van der Waals surface area contributed by atoms with Gasteiger partial charge in [0, 0.05) is 24.9 Å². The standard InChI is InChI=1S/C20H20FN3O3/c1-20(26,10-27-2)4-3-11-7-15-14(8-16(11)21)12-5-13(6-12)24-9-17(18(22)25)23-19(15)24/h7-9,12-13,26H,5-6,10H2,1-2H3,(H2,22,25)/t12?,13?,20-/m0/s1. The van der Waals surface area contributed by atoms with Gasteiger partial charge in [-0.25, -0.2) is 9.37 Å². The van der Waals surface area contributed by atoms with E-state index in [4.69, 9.17) is 10.5 Å². The number of imidazole rings is 1. The third-order valence-electron chi connectivity index (χ3n) is 5.20. The number of hydrogen-bond acceptors (Lipinski definition) is 4. The Kier molecular flexibility index (Phi) is 4.06. The summed E-state index contributed by atoms with van der Waals surface area (Å²) in [6.45, 7) is 1.52. The number of carbonyl (C=O) groups is 1. The molecule has 27 heavy (non-hydrogen) atoms. The molecule has 3 N–H and O–H groups in total. The Morgan fingerprint density at radius 2 is 2.26 bits per heavy atom. The predicted molar refractivity (Wildman–Crippen MR) is 96.5 cm³/mol. The summed E-state index contributed by atoms with van der Waals surface area (Å²) in [6.07, 6.45) is 3.43. The highest BCUT2D eigenvalue weighted by atomic mass is 19.1. The summed E-state index contributed by atoms with van der Waals surface area (Å²) in [5.41, 5.74) is 5.99. The van der Waals surface area contributed by atoms with E-state index in [0.717, 1.165) is 24.0 Å². The molecular weight excluding hydrogens is 349 g/mol. The maximum absolute atomic E-state index is 14.7. The van der Waals surface area contributed by atoms with Crippen molar-refractivity contribution in [2.45, 2.75) is 37.3 Å². The van der Waals surface area contributed by atoms with E-state index in [2.05, 4.69) is 16.8 Å². The molecule has 0 unspecified atom stereocenters. The Hall–Kier alpha value is -2.69. The van der Waals surface area contributed by atoms with Crippen LogP contribution in [0.1, 0.15) is 53.3 Å². The van der Waals surface area contributed by atoms with Crippen LogP contribution < -0.4 is 5.73 Å². The van der Waals surface area contributed by atoms with Gasteiger partial charge in [-0.3, -0.25) is 4.79 Å². The monoisotopic (exact) mass is 369 g/mol. The first-order valence-electron chi connectivity index (χ1n) is 8.76. The molecule has 6 nitrogen and oxygen atoms in total. The molecule has 7 heteroatoms. The minimum Gasteiger partial charge on any atom is -0.381 e. The Morgan fingerprint density at radius 1 is 1.52 bits per heavy atom. The van der Waals surface area contributed by atoms with Gasteiger partial charge in [0.2, 0.25) is 0 Å². The Morgan fingerprint density at radius 3 is 2.93 bits per heavy atom. The highest BCUT2D eigenvalue weighted by Gasteiger charge is 2.39. The van der Waals surface area contributed by atoms with E-state index < -0.39 is 17.3 Å². The molecule has 1 aromatic heterocycles. The molecule has 140 valence electrons. The summed E-state index contributed by atoms with van der Waals surface area (Å²) in [4.78, 5) is 15.9. The van der Waals surface area contributed by atoms with Gasteiger partial charge in [0.1, 0.15) is 22.9 Å². The zero-order chi connectivity index (χ0) is 19.3. The zero-order valence-corrected chi connectivity index (χ0v) is 15.1. The van der Waals surface area contributed by atoms with E-state index >= 15 is 0 Å². The number of hydrogen-bond donors (Lipinski definition) is 2. The average Bonchev–Trinajstić information content (AvgIpc) is 2.89. The van der Waals surface area contributed by atoms with Gasteiger partial charge >= 0.3 is 0 Å². The first-order chi connectivity index (χ1) is 12.8. The maximum Gasteiger partial charge on any atom is 0.268 e. The van der Waals surface area contributed by atoms with Crippen LogP contribution in [0.15, 0.2) is 18.3 Å². The van der Waals surface area contributed by atoms with Gasteiger partial charge < -0.3 is 20.1 Å². The van der Waals surface area contributed by atoms with Crippen molar-refractivity contribution in [2.24, 2.45) is 5.73 Å². The molecule has 2 aromatic rings. The average molecular weight is 369 g/mol. The fourth-order valence-electron chi connectivity index (χ4n) is 3.79. The summed E-state index contributed by atoms with van der Waals surface area (Å²) in [7, 11) is 1.46. The van der Waals surface area contributed by atoms with Crippen molar-refractivity contribution in [2.75, 3.05) is 13.7 Å². The smallest absolute Gasteiger partial charge is 0.268 e. The lowest BCUT2D eigenvalue weighted by atomic mass is 9.75. The third kappa shape index (κ3) is 3.01. The first kappa shape index (κ1) is 17.7. The van der Waals surface area contributed by atoms with Crippen molar-refractivity contribution in [1.82, 2.24) is 9.55 Å². The number of carbonyl (C=O) groups excluding carboxylic acids is 1. The van der Waals surface area contributed by atoms with E-state index in [1.165, 1.54) is 20.1 Å². The normalized spacial score (nSPS) is 21.6. The molecule has 1 fully saturated rings. The second-order valence-electron chi connectivity index (χ2n) is 7.42. The second kappa shape index (κ2) is 6.19. The van der Waals surface area contributed by atoms with Crippen LogP contribution in [-0.2, 0) is 4.74 Å². The minimum absolute atomic E-state index is 0.0166. The molecule has 1 saturated carbocycles. The topological polar surface area (TPSA) is 90.4 Å². The summed E-state index contributed by atoms with van der Waals surface area (Å²) >= 11 is 0. The van der Waals surface area contributed by atoms with Gasteiger partial charge in [-0.05, 0) is 43.4 Å². The van der Waals surface area contributed by atoms with Crippen LogP contribution in [0.3, 0.4) is 0 Å². The molecule has 1 atom stereocenters. The van der Waals surface area contributed by atoms with Gasteiger partial charge in [0.25, 0.3) is 5.91 Å². The lowest BCUT2D eigenvalue weighted by molar-refractivity contribution is 0.0274. The van der Waals surface area contributed by atoms with E-state index in [9.17, 15) is 14.3 Å². The van der Waals surface area contributed by atoms with E-state index in [1.807, 2.05) is 4.57 Å². The lowest BCUT2D eigenvalue weighted by Gasteiger charge is -2.34. The molecule has 2 bridgehead atoms. The van der Waals surface area contributed by atoms with Gasteiger partial charge in [-0.1, -0.05) is 11.8 Å². The van der Waals surface area contributed by atoms with Crippen LogP contribution in [-0.4, -0.2) is 39.9 Å².